The molecule has 5 nitrogen and oxygen atoms in total. The van der Waals surface area contributed by atoms with Crippen LogP contribution in [0.5, 0.6) is 0 Å². The maximum absolute atomic E-state index is 12.3. The molecule has 1 amide bonds. The topological polar surface area (TPSA) is 67.8 Å². The van der Waals surface area contributed by atoms with E-state index in [4.69, 9.17) is 0 Å². The van der Waals surface area contributed by atoms with Crippen molar-refractivity contribution in [3.63, 3.8) is 0 Å². The SMILES string of the molecule is CC(C)c1ccc(C(=O)NC(C)(C)C)c2nncnc12. The molecular formula is C15H20N4O. The number of carbonyl (C=O) groups is 1. The number of benzene rings is 1. The number of carbonyl (C=O) groups excluding carboxylic acids is 1. The van der Waals surface area contributed by atoms with Crippen LogP contribution in [0.15, 0.2) is 18.5 Å². The molecule has 0 spiro atoms. The van der Waals surface area contributed by atoms with Crippen molar-refractivity contribution in [2.75, 3.05) is 0 Å². The predicted molar refractivity (Wildman–Crippen MR) is 78.6 cm³/mol. The summed E-state index contributed by atoms with van der Waals surface area (Å²) in [6, 6.07) is 3.74. The second-order valence-electron chi connectivity index (χ2n) is 6.22. The molecule has 1 N–H and O–H groups in total. The molecule has 20 heavy (non-hydrogen) atoms. The number of nitrogens with one attached hydrogen (secondary N) is 1. The van der Waals surface area contributed by atoms with Gasteiger partial charge in [0.15, 0.2) is 0 Å². The summed E-state index contributed by atoms with van der Waals surface area (Å²) in [4.78, 5) is 16.6. The minimum absolute atomic E-state index is 0.153. The number of hydrogen-bond donors (Lipinski definition) is 1. The van der Waals surface area contributed by atoms with Gasteiger partial charge in [0.05, 0.1) is 11.1 Å². The second kappa shape index (κ2) is 5.15. The molecule has 2 aromatic rings. The lowest BCUT2D eigenvalue weighted by atomic mass is 9.98. The van der Waals surface area contributed by atoms with Gasteiger partial charge in [0.25, 0.3) is 5.91 Å². The van der Waals surface area contributed by atoms with Crippen molar-refractivity contribution in [3.05, 3.63) is 29.6 Å². The van der Waals surface area contributed by atoms with Crippen molar-refractivity contribution in [1.82, 2.24) is 20.5 Å². The Morgan fingerprint density at radius 3 is 2.50 bits per heavy atom. The number of rotatable bonds is 2. The smallest absolute Gasteiger partial charge is 0.254 e. The van der Waals surface area contributed by atoms with E-state index in [-0.39, 0.29) is 11.4 Å². The zero-order valence-corrected chi connectivity index (χ0v) is 12.6. The fourth-order valence-corrected chi connectivity index (χ4v) is 2.06. The average Bonchev–Trinajstić information content (AvgIpc) is 2.35. The molecule has 0 radical (unpaired) electrons. The molecular weight excluding hydrogens is 252 g/mol. The van der Waals surface area contributed by atoms with Crippen LogP contribution in [0, 0.1) is 0 Å². The molecule has 1 aromatic heterocycles. The van der Waals surface area contributed by atoms with Gasteiger partial charge in [0, 0.05) is 5.54 Å². The molecule has 0 saturated heterocycles. The molecule has 2 rings (SSSR count). The highest BCUT2D eigenvalue weighted by Crippen LogP contribution is 2.24. The van der Waals surface area contributed by atoms with Crippen LogP contribution in [0.25, 0.3) is 11.0 Å². The summed E-state index contributed by atoms with van der Waals surface area (Å²) < 4.78 is 0. The average molecular weight is 272 g/mol. The normalized spacial score (nSPS) is 11.9. The molecule has 0 fully saturated rings. The number of hydrogen-bond acceptors (Lipinski definition) is 4. The minimum atomic E-state index is -0.296. The van der Waals surface area contributed by atoms with Gasteiger partial charge in [-0.3, -0.25) is 4.79 Å². The summed E-state index contributed by atoms with van der Waals surface area (Å²) in [6.45, 7) is 10.0. The van der Waals surface area contributed by atoms with Crippen LogP contribution >= 0.6 is 0 Å². The maximum Gasteiger partial charge on any atom is 0.254 e. The first kappa shape index (κ1) is 14.4. The van der Waals surface area contributed by atoms with Crippen LogP contribution in [-0.2, 0) is 0 Å². The van der Waals surface area contributed by atoms with E-state index in [0.717, 1.165) is 11.1 Å². The van der Waals surface area contributed by atoms with E-state index < -0.39 is 0 Å². The fraction of sp³-hybridized carbons (Fsp3) is 0.467. The van der Waals surface area contributed by atoms with Crippen LogP contribution < -0.4 is 5.32 Å². The maximum atomic E-state index is 12.3. The van der Waals surface area contributed by atoms with E-state index in [1.807, 2.05) is 26.8 Å². The Morgan fingerprint density at radius 2 is 1.90 bits per heavy atom. The lowest BCUT2D eigenvalue weighted by molar-refractivity contribution is 0.0921. The van der Waals surface area contributed by atoms with E-state index in [2.05, 4.69) is 34.3 Å². The van der Waals surface area contributed by atoms with Crippen molar-refractivity contribution >= 4 is 16.9 Å². The van der Waals surface area contributed by atoms with Gasteiger partial charge < -0.3 is 5.32 Å². The van der Waals surface area contributed by atoms with Gasteiger partial charge in [0.2, 0.25) is 0 Å². The molecule has 5 heteroatoms. The Labute approximate surface area is 118 Å². The highest BCUT2D eigenvalue weighted by molar-refractivity contribution is 6.05. The largest absolute Gasteiger partial charge is 0.347 e. The van der Waals surface area contributed by atoms with Crippen molar-refractivity contribution in [2.45, 2.75) is 46.1 Å². The predicted octanol–water partition coefficient (Wildman–Crippen LogP) is 2.68. The first-order valence-electron chi connectivity index (χ1n) is 6.72. The van der Waals surface area contributed by atoms with Crippen LogP contribution in [0.3, 0.4) is 0 Å². The Hall–Kier alpha value is -2.04. The Morgan fingerprint density at radius 1 is 1.20 bits per heavy atom. The molecule has 0 aliphatic heterocycles. The highest BCUT2D eigenvalue weighted by atomic mass is 16.1. The van der Waals surface area contributed by atoms with Crippen LogP contribution in [0.1, 0.15) is 56.5 Å². The summed E-state index contributed by atoms with van der Waals surface area (Å²) in [5.74, 6) is 0.161. The van der Waals surface area contributed by atoms with E-state index in [1.165, 1.54) is 6.33 Å². The quantitative estimate of drug-likeness (QED) is 0.912. The summed E-state index contributed by atoms with van der Waals surface area (Å²) >= 11 is 0. The summed E-state index contributed by atoms with van der Waals surface area (Å²) in [7, 11) is 0. The monoisotopic (exact) mass is 272 g/mol. The van der Waals surface area contributed by atoms with Crippen LogP contribution in [-0.4, -0.2) is 26.6 Å². The van der Waals surface area contributed by atoms with Gasteiger partial charge in [-0.05, 0) is 38.3 Å². The Balaban J connectivity index is 2.56. The van der Waals surface area contributed by atoms with Gasteiger partial charge in [-0.2, -0.15) is 0 Å². The van der Waals surface area contributed by atoms with E-state index >= 15 is 0 Å². The molecule has 0 aliphatic carbocycles. The lowest BCUT2D eigenvalue weighted by Gasteiger charge is -2.21. The summed E-state index contributed by atoms with van der Waals surface area (Å²) in [6.07, 6.45) is 1.42. The van der Waals surface area contributed by atoms with Crippen molar-refractivity contribution < 1.29 is 4.79 Å². The van der Waals surface area contributed by atoms with Gasteiger partial charge in [0.1, 0.15) is 11.8 Å². The van der Waals surface area contributed by atoms with Crippen molar-refractivity contribution in [1.29, 1.82) is 0 Å². The van der Waals surface area contributed by atoms with Gasteiger partial charge >= 0.3 is 0 Å². The van der Waals surface area contributed by atoms with E-state index in [9.17, 15) is 4.79 Å². The zero-order chi connectivity index (χ0) is 14.9. The molecule has 0 saturated carbocycles. The number of fused-ring (bicyclic) bond motifs is 1. The number of amides is 1. The molecule has 0 aliphatic rings. The van der Waals surface area contributed by atoms with E-state index in [0.29, 0.717) is 17.0 Å². The lowest BCUT2D eigenvalue weighted by Crippen LogP contribution is -2.40. The molecule has 0 unspecified atom stereocenters. The minimum Gasteiger partial charge on any atom is -0.347 e. The second-order valence-corrected chi connectivity index (χ2v) is 6.22. The molecule has 106 valence electrons. The molecule has 1 aromatic carbocycles. The summed E-state index contributed by atoms with van der Waals surface area (Å²) in [5, 5.41) is 10.9. The standard InChI is InChI=1S/C15H20N4O/c1-9(2)10-6-7-11(14(20)18-15(3,4)5)13-12(10)16-8-17-19-13/h6-9H,1-5H3,(H,18,20). The Kier molecular flexibility index (Phi) is 3.70. The third kappa shape index (κ3) is 2.92. The van der Waals surface area contributed by atoms with Crippen LogP contribution in [0.4, 0.5) is 0 Å². The van der Waals surface area contributed by atoms with Gasteiger partial charge in [-0.1, -0.05) is 19.9 Å². The molecule has 0 bridgehead atoms. The first-order chi connectivity index (χ1) is 9.29. The van der Waals surface area contributed by atoms with E-state index in [1.54, 1.807) is 6.07 Å². The fourth-order valence-electron chi connectivity index (χ4n) is 2.06. The number of aromatic nitrogens is 3. The van der Waals surface area contributed by atoms with Gasteiger partial charge in [-0.15, -0.1) is 10.2 Å². The van der Waals surface area contributed by atoms with Crippen molar-refractivity contribution in [3.8, 4) is 0 Å². The Bertz CT molecular complexity index is 644. The van der Waals surface area contributed by atoms with Gasteiger partial charge in [-0.25, -0.2) is 4.98 Å². The van der Waals surface area contributed by atoms with Crippen molar-refractivity contribution in [2.24, 2.45) is 0 Å². The van der Waals surface area contributed by atoms with Crippen LogP contribution in [0.2, 0.25) is 0 Å². The molecule has 1 heterocycles. The number of nitrogens with zero attached hydrogens (tertiary/aromatic N) is 3. The third-order valence-corrected chi connectivity index (χ3v) is 2.93. The molecule has 0 atom stereocenters. The first-order valence-corrected chi connectivity index (χ1v) is 6.72. The zero-order valence-electron chi connectivity index (χ0n) is 12.6. The summed E-state index contributed by atoms with van der Waals surface area (Å²) in [5.41, 5.74) is 2.59. The third-order valence-electron chi connectivity index (χ3n) is 2.93. The highest BCUT2D eigenvalue weighted by Gasteiger charge is 2.20.